The van der Waals surface area contributed by atoms with E-state index in [9.17, 15) is 9.59 Å². The molecular formula is C25H29N5O2. The second-order valence-electron chi connectivity index (χ2n) is 8.58. The van der Waals surface area contributed by atoms with E-state index in [4.69, 9.17) is 5.73 Å². The van der Waals surface area contributed by atoms with Gasteiger partial charge in [0.25, 0.3) is 5.91 Å². The summed E-state index contributed by atoms with van der Waals surface area (Å²) in [4.78, 5) is 29.4. The third-order valence-electron chi connectivity index (χ3n) is 6.38. The van der Waals surface area contributed by atoms with E-state index in [0.29, 0.717) is 11.4 Å². The molecule has 1 atom stereocenters. The number of amides is 2. The van der Waals surface area contributed by atoms with Crippen molar-refractivity contribution in [1.29, 1.82) is 0 Å². The van der Waals surface area contributed by atoms with Crippen LogP contribution in [0.2, 0.25) is 0 Å². The number of carbonyl (C=O) groups is 2. The van der Waals surface area contributed by atoms with E-state index >= 15 is 0 Å². The van der Waals surface area contributed by atoms with Crippen LogP contribution < -0.4 is 11.1 Å². The average molecular weight is 432 g/mol. The van der Waals surface area contributed by atoms with Crippen LogP contribution in [0.4, 0.5) is 5.69 Å². The number of nitrogens with one attached hydrogen (secondary N) is 1. The van der Waals surface area contributed by atoms with Gasteiger partial charge in [0.15, 0.2) is 0 Å². The number of hydrogen-bond acceptors (Lipinski definition) is 4. The van der Waals surface area contributed by atoms with E-state index in [1.165, 1.54) is 11.1 Å². The fourth-order valence-electron chi connectivity index (χ4n) is 4.65. The van der Waals surface area contributed by atoms with Gasteiger partial charge in [-0.3, -0.25) is 19.3 Å². The Labute approximate surface area is 188 Å². The lowest BCUT2D eigenvalue weighted by Crippen LogP contribution is -2.29. The molecule has 7 heteroatoms. The molecule has 1 aliphatic carbocycles. The molecule has 3 aromatic rings. The lowest BCUT2D eigenvalue weighted by molar-refractivity contribution is -0.119. The Morgan fingerprint density at radius 2 is 1.84 bits per heavy atom. The molecule has 2 heterocycles. The summed E-state index contributed by atoms with van der Waals surface area (Å²) in [5.74, 6) is -0.877. The monoisotopic (exact) mass is 431 g/mol. The molecule has 1 fully saturated rings. The molecule has 1 saturated carbocycles. The number of benzene rings is 1. The van der Waals surface area contributed by atoms with Crippen molar-refractivity contribution in [3.8, 4) is 11.1 Å². The zero-order valence-corrected chi connectivity index (χ0v) is 18.5. The van der Waals surface area contributed by atoms with E-state index in [1.807, 2.05) is 36.5 Å². The van der Waals surface area contributed by atoms with Crippen molar-refractivity contribution in [3.05, 3.63) is 65.7 Å². The first-order valence-electron chi connectivity index (χ1n) is 11.1. The van der Waals surface area contributed by atoms with Crippen LogP contribution in [-0.4, -0.2) is 26.6 Å². The molecule has 2 aromatic heterocycles. The molecule has 166 valence electrons. The Bertz CT molecular complexity index is 1110. The molecule has 0 spiro atoms. The number of aromatic nitrogens is 3. The summed E-state index contributed by atoms with van der Waals surface area (Å²) < 4.78 is 1.46. The third-order valence-corrected chi connectivity index (χ3v) is 6.38. The van der Waals surface area contributed by atoms with Gasteiger partial charge in [-0.05, 0) is 61.1 Å². The Hall–Kier alpha value is -3.48. The molecule has 0 aliphatic heterocycles. The molecule has 1 aliphatic rings. The van der Waals surface area contributed by atoms with Gasteiger partial charge in [-0.25, -0.2) is 0 Å². The minimum absolute atomic E-state index is 0.101. The van der Waals surface area contributed by atoms with Crippen LogP contribution in [0.5, 0.6) is 0 Å². The van der Waals surface area contributed by atoms with Gasteiger partial charge < -0.3 is 11.1 Å². The molecular weight excluding hydrogens is 402 g/mol. The zero-order valence-electron chi connectivity index (χ0n) is 18.5. The van der Waals surface area contributed by atoms with Gasteiger partial charge in [0.1, 0.15) is 5.69 Å². The largest absolute Gasteiger partial charge is 0.364 e. The van der Waals surface area contributed by atoms with Crippen LogP contribution >= 0.6 is 0 Å². The number of nitrogens with zero attached hydrogens (tertiary/aromatic N) is 3. The number of rotatable bonds is 6. The average Bonchev–Trinajstić information content (AvgIpc) is 3.17. The van der Waals surface area contributed by atoms with E-state index in [1.54, 1.807) is 19.3 Å². The van der Waals surface area contributed by atoms with Crippen molar-refractivity contribution in [1.82, 2.24) is 14.8 Å². The normalized spacial score (nSPS) is 15.3. The molecule has 7 nitrogen and oxygen atoms in total. The standard InChI is InChI=1S/C25H29N5O2/c1-16-12-13-27-15-20(16)17-8-10-19(11-9-17)28-25(32)23(18-6-4-3-5-7-18)21-14-22(24(26)31)30(2)29-21/h8-15,18,23H,3-7H2,1-2H3,(H2,26,31)(H,28,32)/t23-/m0/s1. The number of pyridine rings is 1. The molecule has 1 aromatic carbocycles. The van der Waals surface area contributed by atoms with Crippen molar-refractivity contribution in [3.63, 3.8) is 0 Å². The number of aryl methyl sites for hydroxylation is 2. The van der Waals surface area contributed by atoms with Crippen LogP contribution in [0.25, 0.3) is 11.1 Å². The lowest BCUT2D eigenvalue weighted by Gasteiger charge is -2.28. The lowest BCUT2D eigenvalue weighted by atomic mass is 9.78. The minimum Gasteiger partial charge on any atom is -0.364 e. The summed E-state index contributed by atoms with van der Waals surface area (Å²) in [6.07, 6.45) is 8.96. The van der Waals surface area contributed by atoms with Gasteiger partial charge in [-0.15, -0.1) is 0 Å². The summed E-state index contributed by atoms with van der Waals surface area (Å²) >= 11 is 0. The first-order valence-corrected chi connectivity index (χ1v) is 11.1. The van der Waals surface area contributed by atoms with Crippen molar-refractivity contribution in [2.24, 2.45) is 18.7 Å². The van der Waals surface area contributed by atoms with Crippen LogP contribution in [0.1, 0.15) is 59.8 Å². The van der Waals surface area contributed by atoms with Crippen molar-refractivity contribution >= 4 is 17.5 Å². The SMILES string of the molecule is Cc1ccncc1-c1ccc(NC(=O)[C@H](c2cc(C(N)=O)n(C)n2)C2CCCCC2)cc1. The number of hydrogen-bond donors (Lipinski definition) is 2. The molecule has 32 heavy (non-hydrogen) atoms. The minimum atomic E-state index is -0.546. The third kappa shape index (κ3) is 4.56. The number of anilines is 1. The van der Waals surface area contributed by atoms with Gasteiger partial charge in [0.2, 0.25) is 5.91 Å². The van der Waals surface area contributed by atoms with Gasteiger partial charge >= 0.3 is 0 Å². The Morgan fingerprint density at radius 1 is 1.12 bits per heavy atom. The summed E-state index contributed by atoms with van der Waals surface area (Å²) in [5, 5.41) is 7.55. The maximum Gasteiger partial charge on any atom is 0.266 e. The second-order valence-corrected chi connectivity index (χ2v) is 8.58. The van der Waals surface area contributed by atoms with Gasteiger partial charge in [-0.2, -0.15) is 5.10 Å². The van der Waals surface area contributed by atoms with E-state index < -0.39 is 11.8 Å². The Kier molecular flexibility index (Phi) is 6.35. The highest BCUT2D eigenvalue weighted by Gasteiger charge is 2.33. The first-order chi connectivity index (χ1) is 15.4. The quantitative estimate of drug-likeness (QED) is 0.611. The maximum absolute atomic E-state index is 13.4. The van der Waals surface area contributed by atoms with Crippen molar-refractivity contribution < 1.29 is 9.59 Å². The fourth-order valence-corrected chi connectivity index (χ4v) is 4.65. The van der Waals surface area contributed by atoms with Crippen molar-refractivity contribution in [2.75, 3.05) is 5.32 Å². The van der Waals surface area contributed by atoms with E-state index in [0.717, 1.165) is 48.1 Å². The fraction of sp³-hybridized carbons (Fsp3) is 0.360. The molecule has 0 bridgehead atoms. The smallest absolute Gasteiger partial charge is 0.266 e. The van der Waals surface area contributed by atoms with Gasteiger partial charge in [0.05, 0.1) is 11.6 Å². The first kappa shape index (κ1) is 21.7. The number of carbonyl (C=O) groups excluding carboxylic acids is 2. The highest BCUT2D eigenvalue weighted by molar-refractivity contribution is 5.97. The van der Waals surface area contributed by atoms with Crippen LogP contribution in [0, 0.1) is 12.8 Å². The predicted molar refractivity (Wildman–Crippen MR) is 124 cm³/mol. The van der Waals surface area contributed by atoms with Crippen LogP contribution in [-0.2, 0) is 11.8 Å². The van der Waals surface area contributed by atoms with Crippen LogP contribution in [0.15, 0.2) is 48.8 Å². The molecule has 4 rings (SSSR count). The summed E-state index contributed by atoms with van der Waals surface area (Å²) in [5.41, 5.74) is 10.4. The zero-order chi connectivity index (χ0) is 22.7. The maximum atomic E-state index is 13.4. The topological polar surface area (TPSA) is 103 Å². The Balaban J connectivity index is 1.58. The molecule has 0 radical (unpaired) electrons. The molecule has 2 amide bonds. The van der Waals surface area contributed by atoms with E-state index in [-0.39, 0.29) is 11.8 Å². The second kappa shape index (κ2) is 9.34. The van der Waals surface area contributed by atoms with Crippen molar-refractivity contribution in [2.45, 2.75) is 44.9 Å². The molecule has 3 N–H and O–H groups in total. The van der Waals surface area contributed by atoms with E-state index in [2.05, 4.69) is 22.3 Å². The highest BCUT2D eigenvalue weighted by atomic mass is 16.2. The Morgan fingerprint density at radius 3 is 2.47 bits per heavy atom. The summed E-state index contributed by atoms with van der Waals surface area (Å²) in [7, 11) is 1.68. The van der Waals surface area contributed by atoms with Gasteiger partial charge in [-0.1, -0.05) is 31.4 Å². The van der Waals surface area contributed by atoms with Gasteiger partial charge in [0, 0.05) is 30.7 Å². The van der Waals surface area contributed by atoms with Crippen LogP contribution in [0.3, 0.4) is 0 Å². The summed E-state index contributed by atoms with van der Waals surface area (Å²) in [6.45, 7) is 2.05. The summed E-state index contributed by atoms with van der Waals surface area (Å²) in [6, 6.07) is 11.4. The predicted octanol–water partition coefficient (Wildman–Crippen LogP) is 4.19. The highest BCUT2D eigenvalue weighted by Crippen LogP contribution is 2.37. The number of primary amides is 1. The number of nitrogens with two attached hydrogens (primary N) is 1. The molecule has 0 unspecified atom stereocenters. The molecule has 0 saturated heterocycles.